The van der Waals surface area contributed by atoms with Crippen LogP contribution in [-0.4, -0.2) is 10.2 Å². The number of aryl methyl sites for hydroxylation is 1. The molecule has 0 fully saturated rings. The Kier molecular flexibility index (Phi) is 3.28. The summed E-state index contributed by atoms with van der Waals surface area (Å²) in [7, 11) is 0. The van der Waals surface area contributed by atoms with Gasteiger partial charge in [0.2, 0.25) is 11.8 Å². The van der Waals surface area contributed by atoms with E-state index in [4.69, 9.17) is 33.7 Å². The Morgan fingerprint density at radius 2 is 2.00 bits per heavy atom. The first-order valence-electron chi connectivity index (χ1n) is 6.11. The highest BCUT2D eigenvalue weighted by atomic mass is 35.5. The first-order valence-corrected chi connectivity index (χ1v) is 6.86. The average molecular weight is 321 g/mol. The van der Waals surface area contributed by atoms with Gasteiger partial charge in [-0.25, -0.2) is 0 Å². The molecule has 5 nitrogen and oxygen atoms in total. The molecule has 1 atom stereocenters. The minimum absolute atomic E-state index is 0.0116. The van der Waals surface area contributed by atoms with Crippen molar-refractivity contribution in [1.82, 2.24) is 10.2 Å². The Hall–Kier alpha value is -2.16. The number of hydrogen-bond donors (Lipinski definition) is 2. The van der Waals surface area contributed by atoms with Gasteiger partial charge in [0.15, 0.2) is 0 Å². The fourth-order valence-electron chi connectivity index (χ4n) is 2.47. The largest absolute Gasteiger partial charge is 0.420 e. The van der Waals surface area contributed by atoms with Crippen LogP contribution in [0.25, 0.3) is 0 Å². The number of rotatable bonds is 1. The fourth-order valence-corrected chi connectivity index (χ4v) is 3.09. The molecule has 2 aromatic rings. The number of allylic oxidation sites excluding steroid dienone is 1. The third kappa shape index (κ3) is 2.04. The summed E-state index contributed by atoms with van der Waals surface area (Å²) in [5.41, 5.74) is 8.21. The summed E-state index contributed by atoms with van der Waals surface area (Å²) in [6, 6.07) is 7.27. The molecule has 0 aliphatic carbocycles. The lowest BCUT2D eigenvalue weighted by Gasteiger charge is -2.25. The van der Waals surface area contributed by atoms with Crippen LogP contribution >= 0.6 is 23.2 Å². The number of benzene rings is 1. The molecule has 106 valence electrons. The van der Waals surface area contributed by atoms with E-state index in [9.17, 15) is 5.26 Å². The van der Waals surface area contributed by atoms with Gasteiger partial charge in [-0.2, -0.15) is 5.26 Å². The van der Waals surface area contributed by atoms with Gasteiger partial charge in [-0.05, 0) is 19.1 Å². The van der Waals surface area contributed by atoms with E-state index in [0.29, 0.717) is 21.5 Å². The standard InChI is InChI=1S/C14H10Cl2N4O/c1-6-10-11(12-8(15)3-2-4-9(12)16)7(5-17)13(18)21-14(10)20-19-6/h2-4,11H,18H2,1H3,(H,19,20)/t11-/m1/s1. The van der Waals surface area contributed by atoms with Gasteiger partial charge in [0.1, 0.15) is 11.6 Å². The lowest BCUT2D eigenvalue weighted by Crippen LogP contribution is -2.21. The molecule has 1 aliphatic rings. The normalized spacial score (nSPS) is 17.1. The van der Waals surface area contributed by atoms with Crippen LogP contribution in [0.4, 0.5) is 0 Å². The van der Waals surface area contributed by atoms with Crippen molar-refractivity contribution >= 4 is 23.2 Å². The van der Waals surface area contributed by atoms with E-state index >= 15 is 0 Å². The first kappa shape index (κ1) is 13.8. The summed E-state index contributed by atoms with van der Waals surface area (Å²) < 4.78 is 5.39. The van der Waals surface area contributed by atoms with Crippen LogP contribution in [0.3, 0.4) is 0 Å². The van der Waals surface area contributed by atoms with Crippen LogP contribution in [0, 0.1) is 18.3 Å². The monoisotopic (exact) mass is 320 g/mol. The van der Waals surface area contributed by atoms with E-state index in [2.05, 4.69) is 16.3 Å². The number of halogens is 2. The van der Waals surface area contributed by atoms with Crippen LogP contribution < -0.4 is 10.5 Å². The number of nitrogens with two attached hydrogens (primary N) is 1. The van der Waals surface area contributed by atoms with Gasteiger partial charge in [0.25, 0.3) is 0 Å². The van der Waals surface area contributed by atoms with Gasteiger partial charge < -0.3 is 10.5 Å². The minimum atomic E-state index is -0.501. The lowest BCUT2D eigenvalue weighted by molar-refractivity contribution is 0.379. The fraction of sp³-hybridized carbons (Fsp3) is 0.143. The number of aromatic nitrogens is 2. The molecule has 3 N–H and O–H groups in total. The van der Waals surface area contributed by atoms with E-state index in [1.165, 1.54) is 0 Å². The van der Waals surface area contributed by atoms with Crippen LogP contribution in [0.1, 0.15) is 22.7 Å². The molecule has 2 heterocycles. The van der Waals surface area contributed by atoms with Gasteiger partial charge in [0.05, 0.1) is 5.92 Å². The van der Waals surface area contributed by atoms with E-state index in [1.807, 2.05) is 6.92 Å². The topological polar surface area (TPSA) is 87.7 Å². The number of aromatic amines is 1. The molecule has 0 amide bonds. The lowest BCUT2D eigenvalue weighted by atomic mass is 9.84. The highest BCUT2D eigenvalue weighted by Crippen LogP contribution is 2.46. The van der Waals surface area contributed by atoms with Crippen molar-refractivity contribution < 1.29 is 4.74 Å². The Balaban J connectivity index is 2.33. The number of nitriles is 1. The molecule has 7 heteroatoms. The van der Waals surface area contributed by atoms with Crippen molar-refractivity contribution in [2.45, 2.75) is 12.8 Å². The zero-order valence-corrected chi connectivity index (χ0v) is 12.5. The Morgan fingerprint density at radius 3 is 2.62 bits per heavy atom. The molecule has 21 heavy (non-hydrogen) atoms. The number of hydrogen-bond acceptors (Lipinski definition) is 4. The van der Waals surface area contributed by atoms with Crippen LogP contribution in [0.15, 0.2) is 29.7 Å². The zero-order chi connectivity index (χ0) is 15.1. The number of H-pyrrole nitrogens is 1. The third-order valence-electron chi connectivity index (χ3n) is 3.42. The molecule has 0 saturated heterocycles. The second kappa shape index (κ2) is 4.99. The summed E-state index contributed by atoms with van der Waals surface area (Å²) in [5, 5.41) is 17.2. The molecule has 1 aromatic carbocycles. The average Bonchev–Trinajstić information content (AvgIpc) is 2.79. The van der Waals surface area contributed by atoms with E-state index in [-0.39, 0.29) is 11.5 Å². The van der Waals surface area contributed by atoms with E-state index in [1.54, 1.807) is 18.2 Å². The van der Waals surface area contributed by atoms with Crippen molar-refractivity contribution in [2.24, 2.45) is 5.73 Å². The van der Waals surface area contributed by atoms with Crippen molar-refractivity contribution in [1.29, 1.82) is 5.26 Å². The second-order valence-corrected chi connectivity index (χ2v) is 5.44. The second-order valence-electron chi connectivity index (χ2n) is 4.63. The third-order valence-corrected chi connectivity index (χ3v) is 4.08. The number of nitrogens with one attached hydrogen (secondary N) is 1. The van der Waals surface area contributed by atoms with Crippen molar-refractivity contribution in [3.63, 3.8) is 0 Å². The summed E-state index contributed by atoms with van der Waals surface area (Å²) in [5.74, 6) is -0.152. The van der Waals surface area contributed by atoms with Gasteiger partial charge in [-0.3, -0.25) is 5.10 Å². The van der Waals surface area contributed by atoms with E-state index in [0.717, 1.165) is 11.3 Å². The molecule has 1 aliphatic heterocycles. The van der Waals surface area contributed by atoms with Gasteiger partial charge in [-0.15, -0.1) is 5.10 Å². The van der Waals surface area contributed by atoms with Gasteiger partial charge in [0, 0.05) is 26.9 Å². The summed E-state index contributed by atoms with van der Waals surface area (Å²) in [6.45, 7) is 1.84. The highest BCUT2D eigenvalue weighted by Gasteiger charge is 2.36. The highest BCUT2D eigenvalue weighted by molar-refractivity contribution is 6.36. The summed E-state index contributed by atoms with van der Waals surface area (Å²) in [4.78, 5) is 0. The Labute approximate surface area is 130 Å². The summed E-state index contributed by atoms with van der Waals surface area (Å²) in [6.07, 6.45) is 0. The molecule has 0 bridgehead atoms. The van der Waals surface area contributed by atoms with Crippen LogP contribution in [0.5, 0.6) is 5.88 Å². The molecule has 3 rings (SSSR count). The number of nitrogens with zero attached hydrogens (tertiary/aromatic N) is 2. The Morgan fingerprint density at radius 1 is 1.33 bits per heavy atom. The van der Waals surface area contributed by atoms with Crippen molar-refractivity contribution in [3.8, 4) is 11.9 Å². The predicted molar refractivity (Wildman–Crippen MR) is 79.1 cm³/mol. The van der Waals surface area contributed by atoms with Crippen molar-refractivity contribution in [3.05, 3.63) is 56.5 Å². The van der Waals surface area contributed by atoms with Crippen molar-refractivity contribution in [2.75, 3.05) is 0 Å². The van der Waals surface area contributed by atoms with Gasteiger partial charge in [-0.1, -0.05) is 29.3 Å². The van der Waals surface area contributed by atoms with Crippen LogP contribution in [-0.2, 0) is 0 Å². The molecule has 0 radical (unpaired) electrons. The first-order chi connectivity index (χ1) is 10.0. The smallest absolute Gasteiger partial charge is 0.244 e. The summed E-state index contributed by atoms with van der Waals surface area (Å²) >= 11 is 12.6. The maximum Gasteiger partial charge on any atom is 0.244 e. The predicted octanol–water partition coefficient (Wildman–Crippen LogP) is 3.24. The quantitative estimate of drug-likeness (QED) is 0.844. The molecular weight excluding hydrogens is 311 g/mol. The maximum absolute atomic E-state index is 9.44. The zero-order valence-electron chi connectivity index (χ0n) is 10.9. The molecule has 1 aromatic heterocycles. The molecular formula is C14H10Cl2N4O. The Bertz CT molecular complexity index is 784. The number of fused-ring (bicyclic) bond motifs is 1. The minimum Gasteiger partial charge on any atom is -0.420 e. The number of ether oxygens (including phenoxy) is 1. The van der Waals surface area contributed by atoms with E-state index < -0.39 is 5.92 Å². The molecule has 0 saturated carbocycles. The molecule has 0 unspecified atom stereocenters. The van der Waals surface area contributed by atoms with Crippen LogP contribution in [0.2, 0.25) is 10.0 Å². The van der Waals surface area contributed by atoms with Gasteiger partial charge >= 0.3 is 0 Å². The molecule has 0 spiro atoms. The maximum atomic E-state index is 9.44. The SMILES string of the molecule is Cc1[nH]nc2c1[C@H](c1c(Cl)cccc1Cl)C(C#N)=C(N)O2.